The Hall–Kier alpha value is -1.58. The van der Waals surface area contributed by atoms with Crippen molar-refractivity contribution >= 4 is 11.7 Å². The van der Waals surface area contributed by atoms with E-state index in [1.54, 1.807) is 0 Å². The molecular weight excluding hydrogens is 224 g/mol. The molecule has 0 radical (unpaired) electrons. The van der Waals surface area contributed by atoms with Crippen molar-refractivity contribution in [2.75, 3.05) is 11.4 Å². The van der Waals surface area contributed by atoms with Crippen LogP contribution in [0.3, 0.4) is 0 Å². The van der Waals surface area contributed by atoms with E-state index >= 15 is 0 Å². The predicted octanol–water partition coefficient (Wildman–Crippen LogP) is 2.05. The first-order valence-electron chi connectivity index (χ1n) is 6.74. The zero-order valence-electron chi connectivity index (χ0n) is 10.8. The highest BCUT2D eigenvalue weighted by atomic mass is 15.2. The number of amidine groups is 1. The van der Waals surface area contributed by atoms with Crippen LogP contribution in [-0.2, 0) is 0 Å². The molecule has 0 atom stereocenters. The Morgan fingerprint density at radius 2 is 2.11 bits per heavy atom. The average molecular weight is 244 g/mol. The van der Waals surface area contributed by atoms with E-state index in [-0.39, 0.29) is 5.84 Å². The van der Waals surface area contributed by atoms with E-state index in [4.69, 9.17) is 11.1 Å². The van der Waals surface area contributed by atoms with Crippen molar-refractivity contribution in [3.8, 4) is 0 Å². The molecule has 4 nitrogen and oxygen atoms in total. The maximum atomic E-state index is 7.71. The minimum atomic E-state index is 0.124. The van der Waals surface area contributed by atoms with Gasteiger partial charge in [0.25, 0.3) is 0 Å². The normalized spacial score (nSPS) is 18.7. The van der Waals surface area contributed by atoms with Crippen LogP contribution in [0, 0.1) is 18.3 Å². The summed E-state index contributed by atoms with van der Waals surface area (Å²) in [5.41, 5.74) is 7.47. The summed E-state index contributed by atoms with van der Waals surface area (Å²) in [4.78, 5) is 7.03. The fourth-order valence-electron chi connectivity index (χ4n) is 2.35. The molecular formula is C14H20N4. The van der Waals surface area contributed by atoms with Gasteiger partial charge in [0, 0.05) is 18.3 Å². The van der Waals surface area contributed by atoms with Crippen LogP contribution in [0.4, 0.5) is 5.82 Å². The van der Waals surface area contributed by atoms with Crippen molar-refractivity contribution < 1.29 is 0 Å². The summed E-state index contributed by atoms with van der Waals surface area (Å²) in [6.07, 6.45) is 5.17. The molecule has 2 aliphatic rings. The van der Waals surface area contributed by atoms with Crippen LogP contribution < -0.4 is 10.6 Å². The summed E-state index contributed by atoms with van der Waals surface area (Å²) in [6.45, 7) is 3.08. The SMILES string of the molecule is Cc1ccc(C(=N)N)c(N(CC2CC2)C2CC2)n1. The first-order valence-corrected chi connectivity index (χ1v) is 6.74. The molecule has 2 aliphatic carbocycles. The maximum absolute atomic E-state index is 7.71. The van der Waals surface area contributed by atoms with E-state index in [1.807, 2.05) is 19.1 Å². The molecule has 0 bridgehead atoms. The van der Waals surface area contributed by atoms with Crippen LogP contribution in [0.25, 0.3) is 0 Å². The molecule has 0 saturated heterocycles. The number of aromatic nitrogens is 1. The predicted molar refractivity (Wildman–Crippen MR) is 73.1 cm³/mol. The monoisotopic (exact) mass is 244 g/mol. The fraction of sp³-hybridized carbons (Fsp3) is 0.571. The summed E-state index contributed by atoms with van der Waals surface area (Å²) in [7, 11) is 0. The largest absolute Gasteiger partial charge is 0.384 e. The van der Waals surface area contributed by atoms with Crippen LogP contribution in [0.5, 0.6) is 0 Å². The summed E-state index contributed by atoms with van der Waals surface area (Å²) in [5.74, 6) is 1.88. The van der Waals surface area contributed by atoms with Crippen molar-refractivity contribution in [3.05, 3.63) is 23.4 Å². The lowest BCUT2D eigenvalue weighted by Crippen LogP contribution is -2.31. The van der Waals surface area contributed by atoms with Gasteiger partial charge in [0.05, 0.1) is 5.56 Å². The molecule has 0 spiro atoms. The van der Waals surface area contributed by atoms with E-state index < -0.39 is 0 Å². The van der Waals surface area contributed by atoms with E-state index in [9.17, 15) is 0 Å². The Morgan fingerprint density at radius 1 is 1.39 bits per heavy atom. The van der Waals surface area contributed by atoms with E-state index in [1.165, 1.54) is 25.7 Å². The topological polar surface area (TPSA) is 66.0 Å². The van der Waals surface area contributed by atoms with Gasteiger partial charge in [-0.3, -0.25) is 5.41 Å². The number of nitrogens with one attached hydrogen (secondary N) is 1. The third kappa shape index (κ3) is 2.33. The summed E-state index contributed by atoms with van der Waals surface area (Å²) >= 11 is 0. The number of hydrogen-bond acceptors (Lipinski definition) is 3. The van der Waals surface area contributed by atoms with E-state index in [0.29, 0.717) is 6.04 Å². The van der Waals surface area contributed by atoms with Gasteiger partial charge in [0.1, 0.15) is 11.7 Å². The minimum Gasteiger partial charge on any atom is -0.384 e. The number of nitrogens with two attached hydrogens (primary N) is 1. The van der Waals surface area contributed by atoms with E-state index in [2.05, 4.69) is 9.88 Å². The Kier molecular flexibility index (Phi) is 2.73. The number of hydrogen-bond donors (Lipinski definition) is 2. The number of aryl methyl sites for hydroxylation is 1. The molecule has 3 N–H and O–H groups in total. The van der Waals surface area contributed by atoms with Gasteiger partial charge in [-0.25, -0.2) is 4.98 Å². The highest BCUT2D eigenvalue weighted by Crippen LogP contribution is 2.38. The Bertz CT molecular complexity index is 475. The third-order valence-corrected chi connectivity index (χ3v) is 3.72. The second-order valence-corrected chi connectivity index (χ2v) is 5.56. The zero-order chi connectivity index (χ0) is 12.7. The highest BCUT2D eigenvalue weighted by molar-refractivity contribution is 5.99. The fourth-order valence-corrected chi connectivity index (χ4v) is 2.35. The first-order chi connectivity index (χ1) is 8.65. The molecule has 1 aromatic rings. The molecule has 3 rings (SSSR count). The molecule has 2 saturated carbocycles. The highest BCUT2D eigenvalue weighted by Gasteiger charge is 2.35. The lowest BCUT2D eigenvalue weighted by molar-refractivity contribution is 0.707. The number of pyridine rings is 1. The van der Waals surface area contributed by atoms with Gasteiger partial charge in [0.2, 0.25) is 0 Å². The molecule has 2 fully saturated rings. The second-order valence-electron chi connectivity index (χ2n) is 5.56. The minimum absolute atomic E-state index is 0.124. The van der Waals surface area contributed by atoms with Gasteiger partial charge in [-0.1, -0.05) is 0 Å². The van der Waals surface area contributed by atoms with Crippen molar-refractivity contribution in [1.29, 1.82) is 5.41 Å². The van der Waals surface area contributed by atoms with Crippen molar-refractivity contribution in [2.45, 2.75) is 38.6 Å². The number of nitrogens with zero attached hydrogens (tertiary/aromatic N) is 2. The molecule has 0 aromatic carbocycles. The van der Waals surface area contributed by atoms with Crippen LogP contribution in [-0.4, -0.2) is 23.4 Å². The Balaban J connectivity index is 1.95. The quantitative estimate of drug-likeness (QED) is 0.615. The standard InChI is InChI=1S/C14H20N4/c1-9-2-7-12(13(15)16)14(17-9)18(11-5-6-11)8-10-3-4-10/h2,7,10-11H,3-6,8H2,1H3,(H3,15,16). The zero-order valence-corrected chi connectivity index (χ0v) is 10.8. The van der Waals surface area contributed by atoms with Gasteiger partial charge in [-0.15, -0.1) is 0 Å². The Morgan fingerprint density at radius 3 is 2.67 bits per heavy atom. The molecule has 0 unspecified atom stereocenters. The van der Waals surface area contributed by atoms with Gasteiger partial charge in [0.15, 0.2) is 0 Å². The number of anilines is 1. The van der Waals surface area contributed by atoms with Gasteiger partial charge in [-0.05, 0) is 50.7 Å². The van der Waals surface area contributed by atoms with Crippen LogP contribution in [0.1, 0.15) is 36.9 Å². The molecule has 18 heavy (non-hydrogen) atoms. The molecule has 4 heteroatoms. The number of rotatable bonds is 5. The van der Waals surface area contributed by atoms with Gasteiger partial charge in [-0.2, -0.15) is 0 Å². The molecule has 1 heterocycles. The third-order valence-electron chi connectivity index (χ3n) is 3.72. The average Bonchev–Trinajstić information content (AvgIpc) is 3.18. The lowest BCUT2D eigenvalue weighted by atomic mass is 10.2. The van der Waals surface area contributed by atoms with Crippen LogP contribution in [0.15, 0.2) is 12.1 Å². The molecule has 1 aromatic heterocycles. The summed E-state index contributed by atoms with van der Waals surface area (Å²) in [6, 6.07) is 4.49. The maximum Gasteiger partial charge on any atom is 0.140 e. The van der Waals surface area contributed by atoms with E-state index in [0.717, 1.165) is 29.5 Å². The van der Waals surface area contributed by atoms with Crippen molar-refractivity contribution in [2.24, 2.45) is 11.7 Å². The Labute approximate surface area is 108 Å². The summed E-state index contributed by atoms with van der Waals surface area (Å²) in [5, 5.41) is 7.71. The van der Waals surface area contributed by atoms with Gasteiger partial charge < -0.3 is 10.6 Å². The van der Waals surface area contributed by atoms with Crippen LogP contribution in [0.2, 0.25) is 0 Å². The van der Waals surface area contributed by atoms with Crippen LogP contribution >= 0.6 is 0 Å². The van der Waals surface area contributed by atoms with Crippen molar-refractivity contribution in [3.63, 3.8) is 0 Å². The first kappa shape index (κ1) is 11.5. The molecule has 0 amide bonds. The second kappa shape index (κ2) is 4.26. The molecule has 0 aliphatic heterocycles. The van der Waals surface area contributed by atoms with Crippen molar-refractivity contribution in [1.82, 2.24) is 4.98 Å². The smallest absolute Gasteiger partial charge is 0.140 e. The number of nitrogen functional groups attached to an aromatic ring is 1. The molecule has 96 valence electrons. The lowest BCUT2D eigenvalue weighted by Gasteiger charge is -2.26. The van der Waals surface area contributed by atoms with Gasteiger partial charge >= 0.3 is 0 Å². The summed E-state index contributed by atoms with van der Waals surface area (Å²) < 4.78 is 0.